The smallest absolute Gasteiger partial charge is 0.172 e. The van der Waals surface area contributed by atoms with Gasteiger partial charge in [0.25, 0.3) is 0 Å². The van der Waals surface area contributed by atoms with E-state index < -0.39 is 0 Å². The van der Waals surface area contributed by atoms with Crippen LogP contribution in [0.4, 0.5) is 0 Å². The van der Waals surface area contributed by atoms with Crippen LogP contribution in [0, 0.1) is 0 Å². The van der Waals surface area contributed by atoms with E-state index in [1.54, 1.807) is 0 Å². The summed E-state index contributed by atoms with van der Waals surface area (Å²) >= 11 is 4.77. The van der Waals surface area contributed by atoms with Crippen LogP contribution < -0.4 is 5.73 Å². The Hall–Kier alpha value is -0.190. The number of hydrogen-bond acceptors (Lipinski definition) is 3. The van der Waals surface area contributed by atoms with Crippen LogP contribution in [0.1, 0.15) is 22.5 Å². The van der Waals surface area contributed by atoms with Crippen LogP contribution in [-0.4, -0.2) is 12.3 Å². The highest BCUT2D eigenvalue weighted by Crippen LogP contribution is 2.21. The van der Waals surface area contributed by atoms with E-state index in [1.165, 1.54) is 11.3 Å². The lowest BCUT2D eigenvalue weighted by Gasteiger charge is -1.93. The minimum atomic E-state index is 0.191. The molecule has 4 heteroatoms. The summed E-state index contributed by atoms with van der Waals surface area (Å²) in [5.74, 6) is 0.191. The molecule has 1 heterocycles. The summed E-state index contributed by atoms with van der Waals surface area (Å²) in [5, 5.41) is 1.91. The third kappa shape index (κ3) is 2.69. The molecule has 0 aliphatic heterocycles. The first-order valence-electron chi connectivity index (χ1n) is 3.71. The standard InChI is InChI=1S/C8H10BrNOS/c9-6-4-8(12-5-6)7(11)2-1-3-10/h4-5H,1-3,10H2. The average molecular weight is 248 g/mol. The summed E-state index contributed by atoms with van der Waals surface area (Å²) in [5.41, 5.74) is 5.30. The number of nitrogens with two attached hydrogens (primary N) is 1. The molecule has 0 unspecified atom stereocenters. The third-order valence-corrected chi connectivity index (χ3v) is 3.18. The van der Waals surface area contributed by atoms with Crippen molar-refractivity contribution >= 4 is 33.0 Å². The van der Waals surface area contributed by atoms with Gasteiger partial charge in [-0.25, -0.2) is 0 Å². The number of halogens is 1. The van der Waals surface area contributed by atoms with Gasteiger partial charge in [-0.2, -0.15) is 0 Å². The molecule has 66 valence electrons. The van der Waals surface area contributed by atoms with E-state index in [4.69, 9.17) is 5.73 Å². The summed E-state index contributed by atoms with van der Waals surface area (Å²) in [6.07, 6.45) is 1.33. The van der Waals surface area contributed by atoms with Crippen molar-refractivity contribution in [2.75, 3.05) is 6.54 Å². The van der Waals surface area contributed by atoms with Crippen LogP contribution in [0.15, 0.2) is 15.9 Å². The zero-order chi connectivity index (χ0) is 8.97. The lowest BCUT2D eigenvalue weighted by Crippen LogP contribution is -2.03. The molecule has 0 aliphatic carbocycles. The second-order valence-corrected chi connectivity index (χ2v) is 4.27. The molecular weight excluding hydrogens is 238 g/mol. The maximum Gasteiger partial charge on any atom is 0.172 e. The third-order valence-electron chi connectivity index (χ3n) is 1.45. The monoisotopic (exact) mass is 247 g/mol. The predicted molar refractivity (Wildman–Crippen MR) is 54.6 cm³/mol. The molecule has 0 saturated heterocycles. The van der Waals surface area contributed by atoms with Crippen LogP contribution in [0.25, 0.3) is 0 Å². The summed E-state index contributed by atoms with van der Waals surface area (Å²) in [4.78, 5) is 12.2. The van der Waals surface area contributed by atoms with Crippen molar-refractivity contribution in [3.05, 3.63) is 20.8 Å². The number of Topliss-reactive ketones (excluding diaryl/α,β-unsaturated/α-hetero) is 1. The highest BCUT2D eigenvalue weighted by Gasteiger charge is 2.06. The largest absolute Gasteiger partial charge is 0.330 e. The normalized spacial score (nSPS) is 10.2. The molecule has 0 atom stereocenters. The Balaban J connectivity index is 2.53. The van der Waals surface area contributed by atoms with Crippen LogP contribution in [0.3, 0.4) is 0 Å². The molecule has 0 aliphatic rings. The average Bonchev–Trinajstić information content (AvgIpc) is 2.47. The number of thiophene rings is 1. The van der Waals surface area contributed by atoms with E-state index >= 15 is 0 Å². The van der Waals surface area contributed by atoms with Crippen molar-refractivity contribution < 1.29 is 4.79 Å². The second kappa shape index (κ2) is 4.74. The molecule has 2 nitrogen and oxygen atoms in total. The molecule has 1 aromatic rings. The Morgan fingerprint density at radius 3 is 2.92 bits per heavy atom. The van der Waals surface area contributed by atoms with Gasteiger partial charge in [-0.15, -0.1) is 11.3 Å². The number of rotatable bonds is 4. The lowest BCUT2D eigenvalue weighted by atomic mass is 10.2. The number of hydrogen-bond donors (Lipinski definition) is 1. The van der Waals surface area contributed by atoms with E-state index in [2.05, 4.69) is 15.9 Å². The minimum absolute atomic E-state index is 0.191. The first-order chi connectivity index (χ1) is 5.74. The van der Waals surface area contributed by atoms with Gasteiger partial charge in [0, 0.05) is 16.3 Å². The molecular formula is C8H10BrNOS. The molecule has 0 aromatic carbocycles. The highest BCUT2D eigenvalue weighted by atomic mass is 79.9. The maximum absolute atomic E-state index is 11.4. The van der Waals surface area contributed by atoms with Gasteiger partial charge in [-0.05, 0) is 35.0 Å². The second-order valence-electron chi connectivity index (χ2n) is 2.44. The molecule has 0 spiro atoms. The van der Waals surface area contributed by atoms with Crippen molar-refractivity contribution in [1.82, 2.24) is 0 Å². The molecule has 1 aromatic heterocycles. The molecule has 0 amide bonds. The van der Waals surface area contributed by atoms with Crippen LogP contribution in [0.2, 0.25) is 0 Å². The highest BCUT2D eigenvalue weighted by molar-refractivity contribution is 9.10. The van der Waals surface area contributed by atoms with Crippen molar-refractivity contribution in [2.24, 2.45) is 5.73 Å². The minimum Gasteiger partial charge on any atom is -0.330 e. The first-order valence-corrected chi connectivity index (χ1v) is 5.38. The summed E-state index contributed by atoms with van der Waals surface area (Å²) in [6.45, 7) is 0.582. The topological polar surface area (TPSA) is 43.1 Å². The van der Waals surface area contributed by atoms with Crippen molar-refractivity contribution in [3.8, 4) is 0 Å². The fourth-order valence-corrected chi connectivity index (χ4v) is 2.24. The first kappa shape index (κ1) is 9.89. The van der Waals surface area contributed by atoms with Gasteiger partial charge in [0.05, 0.1) is 4.88 Å². The Bertz CT molecular complexity index is 272. The molecule has 12 heavy (non-hydrogen) atoms. The molecule has 0 radical (unpaired) electrons. The zero-order valence-electron chi connectivity index (χ0n) is 6.55. The van der Waals surface area contributed by atoms with Gasteiger partial charge < -0.3 is 5.73 Å². The molecule has 0 fully saturated rings. The van der Waals surface area contributed by atoms with Gasteiger partial charge in [0.15, 0.2) is 5.78 Å². The summed E-state index contributed by atoms with van der Waals surface area (Å²) in [6, 6.07) is 1.85. The van der Waals surface area contributed by atoms with Crippen molar-refractivity contribution in [3.63, 3.8) is 0 Å². The number of ketones is 1. The van der Waals surface area contributed by atoms with Gasteiger partial charge >= 0.3 is 0 Å². The van der Waals surface area contributed by atoms with Gasteiger partial charge in [-0.3, -0.25) is 4.79 Å². The molecule has 2 N–H and O–H groups in total. The van der Waals surface area contributed by atoms with Gasteiger partial charge in [0.2, 0.25) is 0 Å². The summed E-state index contributed by atoms with van der Waals surface area (Å²) in [7, 11) is 0. The molecule has 0 saturated carbocycles. The molecule has 0 bridgehead atoms. The number of carbonyl (C=O) groups excluding carboxylic acids is 1. The quantitative estimate of drug-likeness (QED) is 0.831. The Kier molecular flexibility index (Phi) is 3.91. The van der Waals surface area contributed by atoms with E-state index in [1.807, 2.05) is 11.4 Å². The lowest BCUT2D eigenvalue weighted by molar-refractivity contribution is 0.0984. The van der Waals surface area contributed by atoms with Gasteiger partial charge in [0.1, 0.15) is 0 Å². The Morgan fingerprint density at radius 2 is 2.42 bits per heavy atom. The summed E-state index contributed by atoms with van der Waals surface area (Å²) < 4.78 is 0.976. The fraction of sp³-hybridized carbons (Fsp3) is 0.375. The van der Waals surface area contributed by atoms with E-state index in [-0.39, 0.29) is 5.78 Å². The Morgan fingerprint density at radius 1 is 1.67 bits per heavy atom. The SMILES string of the molecule is NCCCC(=O)c1cc(Br)cs1. The Labute approximate surface area is 83.9 Å². The predicted octanol–water partition coefficient (Wildman–Crippen LogP) is 2.43. The van der Waals surface area contributed by atoms with E-state index in [0.717, 1.165) is 15.8 Å². The fourth-order valence-electron chi connectivity index (χ4n) is 0.845. The van der Waals surface area contributed by atoms with Crippen molar-refractivity contribution in [2.45, 2.75) is 12.8 Å². The maximum atomic E-state index is 11.4. The van der Waals surface area contributed by atoms with E-state index in [0.29, 0.717) is 13.0 Å². The van der Waals surface area contributed by atoms with Gasteiger partial charge in [-0.1, -0.05) is 0 Å². The van der Waals surface area contributed by atoms with Crippen LogP contribution in [0.5, 0.6) is 0 Å². The van der Waals surface area contributed by atoms with Crippen molar-refractivity contribution in [1.29, 1.82) is 0 Å². The zero-order valence-corrected chi connectivity index (χ0v) is 8.95. The van der Waals surface area contributed by atoms with Crippen LogP contribution in [-0.2, 0) is 0 Å². The number of carbonyl (C=O) groups is 1. The van der Waals surface area contributed by atoms with E-state index in [9.17, 15) is 4.79 Å². The van der Waals surface area contributed by atoms with Crippen LogP contribution >= 0.6 is 27.3 Å². The molecule has 1 rings (SSSR count).